The zero-order valence-corrected chi connectivity index (χ0v) is 13.4. The second kappa shape index (κ2) is 6.57. The first-order valence-electron chi connectivity index (χ1n) is 6.18. The van der Waals surface area contributed by atoms with Gasteiger partial charge in [0.25, 0.3) is 5.69 Å². The molecule has 2 aromatic rings. The molecule has 0 heterocycles. The second-order valence-corrected chi connectivity index (χ2v) is 5.24. The molecule has 0 unspecified atom stereocenters. The van der Waals surface area contributed by atoms with E-state index in [0.717, 1.165) is 0 Å². The third-order valence-corrected chi connectivity index (χ3v) is 3.52. The molecular formula is C15H12BrNO5. The Morgan fingerprint density at radius 2 is 1.77 bits per heavy atom. The highest BCUT2D eigenvalue weighted by molar-refractivity contribution is 9.10. The van der Waals surface area contributed by atoms with Crippen LogP contribution in [0.3, 0.4) is 0 Å². The van der Waals surface area contributed by atoms with Gasteiger partial charge in [0.05, 0.1) is 25.2 Å². The smallest absolute Gasteiger partial charge is 0.284 e. The summed E-state index contributed by atoms with van der Waals surface area (Å²) in [5.74, 6) is -0.0135. The predicted octanol–water partition coefficient (Wildman–Crippen LogP) is 3.61. The van der Waals surface area contributed by atoms with Gasteiger partial charge in [-0.3, -0.25) is 14.9 Å². The van der Waals surface area contributed by atoms with Crippen LogP contribution in [0.15, 0.2) is 40.9 Å². The molecular weight excluding hydrogens is 354 g/mol. The van der Waals surface area contributed by atoms with Crippen molar-refractivity contribution in [2.45, 2.75) is 0 Å². The molecule has 0 aliphatic heterocycles. The van der Waals surface area contributed by atoms with Gasteiger partial charge < -0.3 is 9.47 Å². The number of carbonyl (C=O) groups excluding carboxylic acids is 1. The van der Waals surface area contributed by atoms with E-state index in [1.807, 2.05) is 0 Å². The summed E-state index contributed by atoms with van der Waals surface area (Å²) in [6, 6.07) is 9.14. The van der Waals surface area contributed by atoms with Crippen molar-refractivity contribution < 1.29 is 19.2 Å². The van der Waals surface area contributed by atoms with Crippen molar-refractivity contribution in [1.29, 1.82) is 0 Å². The van der Waals surface area contributed by atoms with Gasteiger partial charge in [-0.25, -0.2) is 0 Å². The number of rotatable bonds is 5. The normalized spacial score (nSPS) is 10.1. The molecule has 2 rings (SSSR count). The zero-order valence-electron chi connectivity index (χ0n) is 11.8. The first-order chi connectivity index (χ1) is 10.5. The molecule has 0 atom stereocenters. The second-order valence-electron chi connectivity index (χ2n) is 4.32. The van der Waals surface area contributed by atoms with Gasteiger partial charge in [-0.05, 0) is 12.1 Å². The highest BCUT2D eigenvalue weighted by atomic mass is 79.9. The number of nitrogens with zero attached hydrogens (tertiary/aromatic N) is 1. The number of methoxy groups -OCH3 is 2. The minimum absolute atomic E-state index is 0.0549. The molecule has 0 saturated heterocycles. The molecule has 0 fully saturated rings. The van der Waals surface area contributed by atoms with Crippen molar-refractivity contribution in [1.82, 2.24) is 0 Å². The van der Waals surface area contributed by atoms with Gasteiger partial charge in [-0.1, -0.05) is 28.1 Å². The van der Waals surface area contributed by atoms with E-state index in [0.29, 0.717) is 10.0 Å². The van der Waals surface area contributed by atoms with E-state index in [1.165, 1.54) is 26.4 Å². The maximum Gasteiger partial charge on any atom is 0.284 e. The van der Waals surface area contributed by atoms with Crippen LogP contribution in [-0.2, 0) is 0 Å². The van der Waals surface area contributed by atoms with E-state index in [1.54, 1.807) is 24.3 Å². The number of benzene rings is 2. The Morgan fingerprint density at radius 3 is 2.32 bits per heavy atom. The molecule has 0 aliphatic rings. The fourth-order valence-corrected chi connectivity index (χ4v) is 2.39. The van der Waals surface area contributed by atoms with Crippen LogP contribution in [0, 0.1) is 10.1 Å². The minimum Gasteiger partial charge on any atom is -0.493 e. The topological polar surface area (TPSA) is 78.7 Å². The Hall–Kier alpha value is -2.41. The van der Waals surface area contributed by atoms with Crippen molar-refractivity contribution in [3.8, 4) is 11.5 Å². The van der Waals surface area contributed by atoms with Gasteiger partial charge in [0.15, 0.2) is 17.3 Å². The van der Waals surface area contributed by atoms with Crippen molar-refractivity contribution in [3.63, 3.8) is 0 Å². The SMILES string of the molecule is COc1cc(C(=O)c2cccc(Br)c2)c([N+](=O)[O-])cc1OC. The summed E-state index contributed by atoms with van der Waals surface area (Å²) in [6.45, 7) is 0. The Balaban J connectivity index is 2.62. The van der Waals surface area contributed by atoms with E-state index in [2.05, 4.69) is 15.9 Å². The molecule has 0 saturated carbocycles. The van der Waals surface area contributed by atoms with Crippen molar-refractivity contribution in [2.75, 3.05) is 14.2 Å². The van der Waals surface area contributed by atoms with Crippen LogP contribution in [0.2, 0.25) is 0 Å². The maximum absolute atomic E-state index is 12.6. The molecule has 0 amide bonds. The largest absolute Gasteiger partial charge is 0.493 e. The summed E-state index contributed by atoms with van der Waals surface area (Å²) < 4.78 is 10.9. The average molecular weight is 366 g/mol. The first kappa shape index (κ1) is 16.0. The zero-order chi connectivity index (χ0) is 16.3. The van der Waals surface area contributed by atoms with Gasteiger partial charge in [0.1, 0.15) is 5.56 Å². The summed E-state index contributed by atoms with van der Waals surface area (Å²) >= 11 is 3.27. The standard InChI is InChI=1S/C15H12BrNO5/c1-21-13-7-11(12(17(19)20)8-14(13)22-2)15(18)9-4-3-5-10(16)6-9/h3-8H,1-2H3. The Bertz CT molecular complexity index is 745. The van der Waals surface area contributed by atoms with Crippen LogP contribution in [0.1, 0.15) is 15.9 Å². The molecule has 114 valence electrons. The minimum atomic E-state index is -0.618. The van der Waals surface area contributed by atoms with Crippen molar-refractivity contribution in [3.05, 3.63) is 62.1 Å². The molecule has 0 bridgehead atoms. The molecule has 0 N–H and O–H groups in total. The lowest BCUT2D eigenvalue weighted by Gasteiger charge is -2.10. The van der Waals surface area contributed by atoms with Crippen LogP contribution < -0.4 is 9.47 Å². The number of halogens is 1. The monoisotopic (exact) mass is 365 g/mol. The van der Waals surface area contributed by atoms with E-state index in [4.69, 9.17) is 9.47 Å². The maximum atomic E-state index is 12.6. The Labute approximate surface area is 134 Å². The summed E-state index contributed by atoms with van der Waals surface area (Å²) in [6.07, 6.45) is 0. The average Bonchev–Trinajstić information content (AvgIpc) is 2.52. The van der Waals surface area contributed by atoms with Gasteiger partial charge >= 0.3 is 0 Å². The Morgan fingerprint density at radius 1 is 1.14 bits per heavy atom. The number of ether oxygens (including phenoxy) is 2. The third-order valence-electron chi connectivity index (χ3n) is 3.03. The van der Waals surface area contributed by atoms with Crippen LogP contribution in [-0.4, -0.2) is 24.9 Å². The number of carbonyl (C=O) groups is 1. The lowest BCUT2D eigenvalue weighted by molar-refractivity contribution is -0.385. The highest BCUT2D eigenvalue weighted by Gasteiger charge is 2.25. The summed E-state index contributed by atoms with van der Waals surface area (Å²) in [4.78, 5) is 23.2. The van der Waals surface area contributed by atoms with E-state index >= 15 is 0 Å². The van der Waals surface area contributed by atoms with Crippen LogP contribution in [0.5, 0.6) is 11.5 Å². The van der Waals surface area contributed by atoms with E-state index in [9.17, 15) is 14.9 Å². The summed E-state index contributed by atoms with van der Waals surface area (Å²) in [5, 5.41) is 11.2. The number of nitro groups is 1. The molecule has 22 heavy (non-hydrogen) atoms. The predicted molar refractivity (Wildman–Crippen MR) is 83.8 cm³/mol. The molecule has 0 radical (unpaired) electrons. The number of hydrogen-bond acceptors (Lipinski definition) is 5. The van der Waals surface area contributed by atoms with Crippen LogP contribution >= 0.6 is 15.9 Å². The van der Waals surface area contributed by atoms with Gasteiger partial charge in [-0.2, -0.15) is 0 Å². The molecule has 0 aromatic heterocycles. The van der Waals surface area contributed by atoms with Gasteiger partial charge in [0.2, 0.25) is 0 Å². The fourth-order valence-electron chi connectivity index (χ4n) is 1.99. The molecule has 2 aromatic carbocycles. The molecule has 0 aliphatic carbocycles. The van der Waals surface area contributed by atoms with Crippen molar-refractivity contribution >= 4 is 27.4 Å². The third kappa shape index (κ3) is 3.09. The van der Waals surface area contributed by atoms with Crippen molar-refractivity contribution in [2.24, 2.45) is 0 Å². The number of hydrogen-bond donors (Lipinski definition) is 0. The lowest BCUT2D eigenvalue weighted by Crippen LogP contribution is -2.07. The van der Waals surface area contributed by atoms with Gasteiger partial charge in [0, 0.05) is 16.1 Å². The van der Waals surface area contributed by atoms with Gasteiger partial charge in [-0.15, -0.1) is 0 Å². The van der Waals surface area contributed by atoms with Crippen LogP contribution in [0.25, 0.3) is 0 Å². The molecule has 6 nitrogen and oxygen atoms in total. The molecule has 0 spiro atoms. The number of ketones is 1. The quantitative estimate of drug-likeness (QED) is 0.459. The fraction of sp³-hybridized carbons (Fsp3) is 0.133. The molecule has 7 heteroatoms. The summed E-state index contributed by atoms with van der Waals surface area (Å²) in [7, 11) is 2.77. The summed E-state index contributed by atoms with van der Waals surface area (Å²) in [5.41, 5.74) is -0.0481. The lowest BCUT2D eigenvalue weighted by atomic mass is 10.0. The first-order valence-corrected chi connectivity index (χ1v) is 6.98. The van der Waals surface area contributed by atoms with Crippen LogP contribution in [0.4, 0.5) is 5.69 Å². The number of nitro benzene ring substituents is 1. The highest BCUT2D eigenvalue weighted by Crippen LogP contribution is 2.35. The van der Waals surface area contributed by atoms with E-state index < -0.39 is 10.7 Å². The van der Waals surface area contributed by atoms with E-state index in [-0.39, 0.29) is 22.7 Å². The Kier molecular flexibility index (Phi) is 4.77.